The lowest BCUT2D eigenvalue weighted by molar-refractivity contribution is -0.118. The molecule has 1 aromatic heterocycles. The second-order valence-corrected chi connectivity index (χ2v) is 5.68. The molecule has 24 heavy (non-hydrogen) atoms. The van der Waals surface area contributed by atoms with Gasteiger partial charge in [0.1, 0.15) is 11.3 Å². The molecule has 3 aromatic rings. The van der Waals surface area contributed by atoms with Crippen molar-refractivity contribution in [3.05, 3.63) is 69.5 Å². The van der Waals surface area contributed by atoms with Crippen molar-refractivity contribution in [2.24, 2.45) is 0 Å². The van der Waals surface area contributed by atoms with Crippen LogP contribution in [0.3, 0.4) is 0 Å². The molecular weight excluding hydrogens is 330 g/mol. The Morgan fingerprint density at radius 2 is 1.96 bits per heavy atom. The fraction of sp³-hybridized carbons (Fsp3) is 0.111. The number of halogens is 1. The van der Waals surface area contributed by atoms with Crippen LogP contribution in [0.15, 0.2) is 57.7 Å². The van der Waals surface area contributed by atoms with Gasteiger partial charge in [0, 0.05) is 17.5 Å². The third kappa shape index (κ3) is 3.75. The number of rotatable bonds is 4. The molecule has 1 N–H and O–H groups in total. The quantitative estimate of drug-likeness (QED) is 0.732. The lowest BCUT2D eigenvalue weighted by Gasteiger charge is -2.09. The van der Waals surface area contributed by atoms with Gasteiger partial charge in [-0.25, -0.2) is 4.79 Å². The minimum atomic E-state index is -0.439. The van der Waals surface area contributed by atoms with Gasteiger partial charge < -0.3 is 14.5 Å². The summed E-state index contributed by atoms with van der Waals surface area (Å²) in [5, 5.41) is 3.93. The fourth-order valence-corrected chi connectivity index (χ4v) is 2.47. The number of anilines is 1. The van der Waals surface area contributed by atoms with E-state index in [-0.39, 0.29) is 12.5 Å². The smallest absolute Gasteiger partial charge is 0.336 e. The molecule has 0 radical (unpaired) electrons. The number of fused-ring (bicyclic) bond motifs is 1. The molecule has 0 aliphatic carbocycles. The number of benzene rings is 2. The Morgan fingerprint density at radius 1 is 1.17 bits per heavy atom. The first-order valence-electron chi connectivity index (χ1n) is 7.24. The highest BCUT2D eigenvalue weighted by atomic mass is 35.5. The van der Waals surface area contributed by atoms with Crippen molar-refractivity contribution in [2.45, 2.75) is 6.92 Å². The van der Waals surface area contributed by atoms with Gasteiger partial charge in [-0.15, -0.1) is 0 Å². The zero-order valence-corrected chi connectivity index (χ0v) is 13.6. The molecule has 0 saturated carbocycles. The van der Waals surface area contributed by atoms with Crippen LogP contribution in [0, 0.1) is 6.92 Å². The SMILES string of the molecule is Cc1ccc(NC(=O)COc2ccc3ccc(=O)oc3c2)c(Cl)c1. The molecule has 1 amide bonds. The van der Waals surface area contributed by atoms with E-state index >= 15 is 0 Å². The van der Waals surface area contributed by atoms with Crippen LogP contribution in [0.5, 0.6) is 5.75 Å². The van der Waals surface area contributed by atoms with Crippen molar-refractivity contribution in [3.8, 4) is 5.75 Å². The maximum atomic E-state index is 12.0. The van der Waals surface area contributed by atoms with Crippen LogP contribution in [0.2, 0.25) is 5.02 Å². The van der Waals surface area contributed by atoms with E-state index in [4.69, 9.17) is 20.8 Å². The van der Waals surface area contributed by atoms with Gasteiger partial charge in [-0.1, -0.05) is 17.7 Å². The van der Waals surface area contributed by atoms with Crippen molar-refractivity contribution in [1.29, 1.82) is 0 Å². The number of amides is 1. The lowest BCUT2D eigenvalue weighted by atomic mass is 10.2. The number of carbonyl (C=O) groups is 1. The summed E-state index contributed by atoms with van der Waals surface area (Å²) in [6.07, 6.45) is 0. The molecule has 0 unspecified atom stereocenters. The number of hydrogen-bond donors (Lipinski definition) is 1. The zero-order chi connectivity index (χ0) is 17.1. The minimum Gasteiger partial charge on any atom is -0.484 e. The molecule has 0 spiro atoms. The minimum absolute atomic E-state index is 0.188. The van der Waals surface area contributed by atoms with Crippen LogP contribution >= 0.6 is 11.6 Å². The predicted octanol–water partition coefficient (Wildman–Crippen LogP) is 3.77. The Hall–Kier alpha value is -2.79. The first-order valence-corrected chi connectivity index (χ1v) is 7.62. The largest absolute Gasteiger partial charge is 0.484 e. The van der Waals surface area contributed by atoms with E-state index in [1.807, 2.05) is 13.0 Å². The first kappa shape index (κ1) is 16.1. The Balaban J connectivity index is 1.66. The maximum Gasteiger partial charge on any atom is 0.336 e. The van der Waals surface area contributed by atoms with Crippen molar-refractivity contribution < 1.29 is 13.9 Å². The molecule has 5 nitrogen and oxygen atoms in total. The van der Waals surface area contributed by atoms with Gasteiger partial charge in [0.25, 0.3) is 5.91 Å². The average Bonchev–Trinajstić information content (AvgIpc) is 2.55. The third-order valence-electron chi connectivity index (χ3n) is 3.36. The van der Waals surface area contributed by atoms with E-state index < -0.39 is 5.63 Å². The monoisotopic (exact) mass is 343 g/mol. The molecule has 0 fully saturated rings. The summed E-state index contributed by atoms with van der Waals surface area (Å²) in [5.74, 6) is 0.0948. The molecule has 6 heteroatoms. The molecule has 3 rings (SSSR count). The molecule has 0 bridgehead atoms. The first-order chi connectivity index (χ1) is 11.5. The number of ether oxygens (including phenoxy) is 1. The summed E-state index contributed by atoms with van der Waals surface area (Å²) in [7, 11) is 0. The van der Waals surface area contributed by atoms with E-state index in [0.717, 1.165) is 10.9 Å². The molecule has 0 aliphatic heterocycles. The summed E-state index contributed by atoms with van der Waals surface area (Å²) < 4.78 is 10.5. The van der Waals surface area contributed by atoms with Crippen molar-refractivity contribution in [2.75, 3.05) is 11.9 Å². The molecular formula is C18H14ClNO4. The van der Waals surface area contributed by atoms with Gasteiger partial charge in [0.2, 0.25) is 0 Å². The zero-order valence-electron chi connectivity index (χ0n) is 12.8. The van der Waals surface area contributed by atoms with E-state index in [1.54, 1.807) is 36.4 Å². The molecule has 1 heterocycles. The Labute approximate surface area is 142 Å². The number of nitrogens with one attached hydrogen (secondary N) is 1. The molecule has 0 atom stereocenters. The summed E-state index contributed by atoms with van der Waals surface area (Å²) in [4.78, 5) is 23.2. The number of carbonyl (C=O) groups excluding carboxylic acids is 1. The van der Waals surface area contributed by atoms with E-state index in [2.05, 4.69) is 5.32 Å². The van der Waals surface area contributed by atoms with Gasteiger partial charge in [0.15, 0.2) is 6.61 Å². The standard InChI is InChI=1S/C18H14ClNO4/c1-11-2-6-15(14(19)8-11)20-17(21)10-23-13-5-3-12-4-7-18(22)24-16(12)9-13/h2-9H,10H2,1H3,(H,20,21). The normalized spacial score (nSPS) is 10.6. The summed E-state index contributed by atoms with van der Waals surface area (Å²) in [6, 6.07) is 13.4. The van der Waals surface area contributed by atoms with Crippen LogP contribution < -0.4 is 15.7 Å². The van der Waals surface area contributed by atoms with Crippen molar-refractivity contribution >= 4 is 34.2 Å². The molecule has 0 aliphatic rings. The molecule has 0 saturated heterocycles. The third-order valence-corrected chi connectivity index (χ3v) is 3.68. The van der Waals surface area contributed by atoms with E-state index in [9.17, 15) is 9.59 Å². The highest BCUT2D eigenvalue weighted by Crippen LogP contribution is 2.23. The Kier molecular flexibility index (Phi) is 4.53. The van der Waals surface area contributed by atoms with Gasteiger partial charge in [-0.05, 0) is 42.8 Å². The van der Waals surface area contributed by atoms with Crippen LogP contribution in [-0.2, 0) is 4.79 Å². The Bertz CT molecular complexity index is 965. The Morgan fingerprint density at radius 3 is 2.75 bits per heavy atom. The molecule has 122 valence electrons. The van der Waals surface area contributed by atoms with Crippen LogP contribution in [-0.4, -0.2) is 12.5 Å². The van der Waals surface area contributed by atoms with Crippen LogP contribution in [0.25, 0.3) is 11.0 Å². The lowest BCUT2D eigenvalue weighted by Crippen LogP contribution is -2.20. The number of hydrogen-bond acceptors (Lipinski definition) is 4. The second-order valence-electron chi connectivity index (χ2n) is 5.27. The summed E-state index contributed by atoms with van der Waals surface area (Å²) in [5.41, 5.74) is 1.50. The van der Waals surface area contributed by atoms with E-state index in [1.165, 1.54) is 6.07 Å². The second kappa shape index (κ2) is 6.76. The van der Waals surface area contributed by atoms with Crippen molar-refractivity contribution in [3.63, 3.8) is 0 Å². The molecule has 2 aromatic carbocycles. The highest BCUT2D eigenvalue weighted by Gasteiger charge is 2.08. The predicted molar refractivity (Wildman–Crippen MR) is 92.8 cm³/mol. The number of aryl methyl sites for hydroxylation is 1. The van der Waals surface area contributed by atoms with Gasteiger partial charge in [-0.2, -0.15) is 0 Å². The van der Waals surface area contributed by atoms with Crippen LogP contribution in [0.1, 0.15) is 5.56 Å². The maximum absolute atomic E-state index is 12.0. The highest BCUT2D eigenvalue weighted by molar-refractivity contribution is 6.33. The van der Waals surface area contributed by atoms with Crippen molar-refractivity contribution in [1.82, 2.24) is 0 Å². The van der Waals surface area contributed by atoms with Gasteiger partial charge in [0.05, 0.1) is 10.7 Å². The fourth-order valence-electron chi connectivity index (χ4n) is 2.19. The topological polar surface area (TPSA) is 68.5 Å². The summed E-state index contributed by atoms with van der Waals surface area (Å²) in [6.45, 7) is 1.73. The average molecular weight is 344 g/mol. The van der Waals surface area contributed by atoms with Crippen LogP contribution in [0.4, 0.5) is 5.69 Å². The van der Waals surface area contributed by atoms with Gasteiger partial charge in [-0.3, -0.25) is 4.79 Å². The summed E-state index contributed by atoms with van der Waals surface area (Å²) >= 11 is 6.07. The van der Waals surface area contributed by atoms with E-state index in [0.29, 0.717) is 22.0 Å². The van der Waals surface area contributed by atoms with Gasteiger partial charge >= 0.3 is 5.63 Å².